The highest BCUT2D eigenvalue weighted by atomic mass is 32.2. The van der Waals surface area contributed by atoms with Crippen molar-refractivity contribution >= 4 is 40.7 Å². The van der Waals surface area contributed by atoms with Crippen molar-refractivity contribution in [2.75, 3.05) is 23.8 Å². The fourth-order valence-electron chi connectivity index (χ4n) is 3.20. The molecule has 2 aromatic heterocycles. The van der Waals surface area contributed by atoms with Gasteiger partial charge in [-0.2, -0.15) is 4.98 Å². The molecule has 1 aliphatic rings. The molecule has 1 aromatic carbocycles. The number of thioether (sulfide) groups is 1. The molecule has 0 saturated carbocycles. The number of thiazole rings is 1. The van der Waals surface area contributed by atoms with Crippen LogP contribution in [0.25, 0.3) is 11.3 Å². The van der Waals surface area contributed by atoms with E-state index in [0.717, 1.165) is 33.9 Å². The summed E-state index contributed by atoms with van der Waals surface area (Å²) in [5.41, 5.74) is 3.97. The van der Waals surface area contributed by atoms with E-state index in [1.165, 1.54) is 11.8 Å². The number of carbonyl (C=O) groups is 2. The number of carbonyl (C=O) groups excluding carboxylic acids is 2. The highest BCUT2D eigenvalue weighted by Crippen LogP contribution is 2.32. The van der Waals surface area contributed by atoms with Crippen molar-refractivity contribution in [1.82, 2.24) is 15.1 Å². The fraction of sp³-hybridized carbons (Fsp3) is 0.350. The normalized spacial score (nSPS) is 12.8. The van der Waals surface area contributed by atoms with Crippen LogP contribution in [0.1, 0.15) is 22.3 Å². The lowest BCUT2D eigenvalue weighted by molar-refractivity contribution is -0.145. The van der Waals surface area contributed by atoms with E-state index in [9.17, 15) is 9.59 Å². The Kier molecular flexibility index (Phi) is 6.14. The number of amides is 1. The third-order valence-corrected chi connectivity index (χ3v) is 6.24. The van der Waals surface area contributed by atoms with E-state index >= 15 is 0 Å². The minimum absolute atomic E-state index is 0.119. The molecule has 0 aliphatic carbocycles. The van der Waals surface area contributed by atoms with Crippen LogP contribution in [-0.4, -0.2) is 45.9 Å². The van der Waals surface area contributed by atoms with Crippen molar-refractivity contribution in [3.05, 3.63) is 45.9 Å². The Morgan fingerprint density at radius 1 is 1.30 bits per heavy atom. The molecule has 8 nitrogen and oxygen atoms in total. The number of aromatic nitrogens is 3. The number of hydrogen-bond donors (Lipinski definition) is 0. The van der Waals surface area contributed by atoms with E-state index in [0.29, 0.717) is 24.0 Å². The summed E-state index contributed by atoms with van der Waals surface area (Å²) in [6, 6.07) is 6.00. The van der Waals surface area contributed by atoms with Gasteiger partial charge in [-0.1, -0.05) is 11.2 Å². The predicted molar refractivity (Wildman–Crippen MR) is 115 cm³/mol. The van der Waals surface area contributed by atoms with E-state index in [2.05, 4.69) is 21.2 Å². The first kappa shape index (κ1) is 20.5. The largest absolute Gasteiger partial charge is 0.455 e. The van der Waals surface area contributed by atoms with Crippen LogP contribution in [0.5, 0.6) is 0 Å². The Bertz CT molecular complexity index is 1080. The molecule has 0 atom stereocenters. The Balaban J connectivity index is 1.28. The summed E-state index contributed by atoms with van der Waals surface area (Å²) in [4.78, 5) is 34.8. The number of ether oxygens (including phenoxy) is 1. The molecule has 0 spiro atoms. The van der Waals surface area contributed by atoms with Gasteiger partial charge in [-0.25, -0.2) is 4.98 Å². The van der Waals surface area contributed by atoms with Crippen molar-refractivity contribution in [2.24, 2.45) is 0 Å². The molecule has 0 fully saturated rings. The number of esters is 1. The molecule has 3 aromatic rings. The van der Waals surface area contributed by atoms with Crippen LogP contribution < -0.4 is 4.90 Å². The van der Waals surface area contributed by atoms with E-state index in [-0.39, 0.29) is 18.3 Å². The molecule has 0 radical (unpaired) electrons. The van der Waals surface area contributed by atoms with E-state index in [4.69, 9.17) is 9.26 Å². The fourth-order valence-corrected chi connectivity index (χ4v) is 4.48. The van der Waals surface area contributed by atoms with Crippen LogP contribution in [0.3, 0.4) is 0 Å². The van der Waals surface area contributed by atoms with Crippen LogP contribution in [0, 0.1) is 13.8 Å². The maximum Gasteiger partial charge on any atom is 0.316 e. The maximum absolute atomic E-state index is 12.6. The summed E-state index contributed by atoms with van der Waals surface area (Å²) < 4.78 is 10.0. The van der Waals surface area contributed by atoms with Gasteiger partial charge in [-0.05, 0) is 31.0 Å². The number of fused-ring (bicyclic) bond motifs is 1. The van der Waals surface area contributed by atoms with Crippen molar-refractivity contribution in [3.8, 4) is 11.3 Å². The summed E-state index contributed by atoms with van der Waals surface area (Å²) in [6.45, 7) is 4.00. The Labute approximate surface area is 181 Å². The van der Waals surface area contributed by atoms with Gasteiger partial charge in [0.25, 0.3) is 5.91 Å². The number of nitrogens with zero attached hydrogens (tertiary/aromatic N) is 4. The summed E-state index contributed by atoms with van der Waals surface area (Å²) >= 11 is 2.93. The molecule has 0 unspecified atom stereocenters. The molecule has 30 heavy (non-hydrogen) atoms. The lowest BCUT2D eigenvalue weighted by Crippen LogP contribution is -2.33. The molecular formula is C20H20N4O4S2. The summed E-state index contributed by atoms with van der Waals surface area (Å²) in [7, 11) is 0. The Hall–Kier alpha value is -2.72. The van der Waals surface area contributed by atoms with Crippen LogP contribution in [0.2, 0.25) is 0 Å². The highest BCUT2D eigenvalue weighted by Gasteiger charge is 2.26. The second-order valence-electron chi connectivity index (χ2n) is 6.77. The SMILES string of the molecule is Cc1nc(CSCC(=O)OCC(=O)N2CCc3cc(-c4csc(C)n4)ccc32)no1. The quantitative estimate of drug-likeness (QED) is 0.513. The zero-order chi connectivity index (χ0) is 21.1. The molecule has 4 rings (SSSR count). The first-order valence-electron chi connectivity index (χ1n) is 9.38. The molecule has 1 aliphatic heterocycles. The van der Waals surface area contributed by atoms with Crippen LogP contribution >= 0.6 is 23.1 Å². The van der Waals surface area contributed by atoms with Gasteiger partial charge >= 0.3 is 5.97 Å². The van der Waals surface area contributed by atoms with E-state index < -0.39 is 5.97 Å². The first-order chi connectivity index (χ1) is 14.5. The minimum atomic E-state index is -0.442. The Morgan fingerprint density at radius 2 is 2.17 bits per heavy atom. The lowest BCUT2D eigenvalue weighted by Gasteiger charge is -2.17. The van der Waals surface area contributed by atoms with Crippen LogP contribution in [0.15, 0.2) is 28.1 Å². The molecule has 0 saturated heterocycles. The van der Waals surface area contributed by atoms with Crippen molar-refractivity contribution in [2.45, 2.75) is 26.0 Å². The van der Waals surface area contributed by atoms with E-state index in [1.54, 1.807) is 23.2 Å². The van der Waals surface area contributed by atoms with Gasteiger partial charge < -0.3 is 14.2 Å². The van der Waals surface area contributed by atoms with Crippen LogP contribution in [0.4, 0.5) is 5.69 Å². The zero-order valence-corrected chi connectivity index (χ0v) is 18.2. The average molecular weight is 445 g/mol. The molecule has 156 valence electrons. The van der Waals surface area contributed by atoms with Crippen LogP contribution in [-0.2, 0) is 26.5 Å². The molecule has 3 heterocycles. The van der Waals surface area contributed by atoms with Crippen molar-refractivity contribution < 1.29 is 18.8 Å². The predicted octanol–water partition coefficient (Wildman–Crippen LogP) is 3.18. The number of hydrogen-bond acceptors (Lipinski definition) is 9. The van der Waals surface area contributed by atoms with Gasteiger partial charge in [0, 0.05) is 30.1 Å². The van der Waals surface area contributed by atoms with Gasteiger partial charge in [0.1, 0.15) is 0 Å². The second-order valence-corrected chi connectivity index (χ2v) is 8.82. The molecule has 1 amide bonds. The van der Waals surface area contributed by atoms with Gasteiger partial charge in [0.05, 0.1) is 22.2 Å². The summed E-state index contributed by atoms with van der Waals surface area (Å²) in [5.74, 6) is 0.912. The molecule has 0 bridgehead atoms. The standard InChI is InChI=1S/C20H20N4O4S2/c1-12-21-18(23-28-12)10-29-11-20(26)27-8-19(25)24-6-5-15-7-14(3-4-17(15)24)16-9-30-13(2)22-16/h3-4,7,9H,5-6,8,10-11H2,1-2H3. The van der Waals surface area contributed by atoms with E-state index in [1.807, 2.05) is 24.4 Å². The summed E-state index contributed by atoms with van der Waals surface area (Å²) in [6.07, 6.45) is 0.770. The third kappa shape index (κ3) is 4.71. The van der Waals surface area contributed by atoms with Gasteiger partial charge in [0.15, 0.2) is 12.4 Å². The molecule has 10 heteroatoms. The zero-order valence-electron chi connectivity index (χ0n) is 16.6. The molecular weight excluding hydrogens is 424 g/mol. The maximum atomic E-state index is 12.6. The average Bonchev–Trinajstić information content (AvgIpc) is 3.45. The number of rotatable bonds is 7. The van der Waals surface area contributed by atoms with Crippen molar-refractivity contribution in [1.29, 1.82) is 0 Å². The highest BCUT2D eigenvalue weighted by molar-refractivity contribution is 7.99. The van der Waals surface area contributed by atoms with Gasteiger partial charge in [-0.3, -0.25) is 9.59 Å². The van der Waals surface area contributed by atoms with Gasteiger partial charge in [0.2, 0.25) is 5.89 Å². The van der Waals surface area contributed by atoms with Gasteiger partial charge in [-0.15, -0.1) is 23.1 Å². The third-order valence-electron chi connectivity index (χ3n) is 4.57. The molecule has 0 N–H and O–H groups in total. The Morgan fingerprint density at radius 3 is 2.90 bits per heavy atom. The summed E-state index contributed by atoms with van der Waals surface area (Å²) in [5, 5.41) is 6.82. The van der Waals surface area contributed by atoms with Crippen molar-refractivity contribution in [3.63, 3.8) is 0 Å². The topological polar surface area (TPSA) is 98.4 Å². The number of anilines is 1. The number of benzene rings is 1. The second kappa shape index (κ2) is 8.97. The lowest BCUT2D eigenvalue weighted by atomic mass is 10.1. The monoisotopic (exact) mass is 444 g/mol. The smallest absolute Gasteiger partial charge is 0.316 e. The first-order valence-corrected chi connectivity index (χ1v) is 11.4. The minimum Gasteiger partial charge on any atom is -0.455 e. The number of aryl methyl sites for hydroxylation is 2.